The van der Waals surface area contributed by atoms with E-state index in [4.69, 9.17) is 10.5 Å². The first-order valence-electron chi connectivity index (χ1n) is 4.92. The van der Waals surface area contributed by atoms with Crippen molar-refractivity contribution >= 4 is 0 Å². The van der Waals surface area contributed by atoms with E-state index in [1.165, 1.54) is 0 Å². The highest BCUT2D eigenvalue weighted by atomic mass is 19.1. The van der Waals surface area contributed by atoms with Gasteiger partial charge in [-0.2, -0.15) is 0 Å². The normalized spacial score (nSPS) is 33.5. The van der Waals surface area contributed by atoms with Crippen LogP contribution in [0.1, 0.15) is 6.42 Å². The predicted octanol–water partition coefficient (Wildman–Crippen LogP) is 0.691. The molecule has 1 aliphatic carbocycles. The average molecular weight is 198 g/mol. The van der Waals surface area contributed by atoms with Crippen LogP contribution in [-0.2, 0) is 4.74 Å². The Morgan fingerprint density at radius 1 is 1.57 bits per heavy atom. The van der Waals surface area contributed by atoms with Crippen LogP contribution >= 0.6 is 0 Å². The van der Waals surface area contributed by atoms with Gasteiger partial charge >= 0.3 is 0 Å². The maximum atomic E-state index is 13.2. The summed E-state index contributed by atoms with van der Waals surface area (Å²) in [5.41, 5.74) is 5.69. The summed E-state index contributed by atoms with van der Waals surface area (Å²) >= 11 is 0. The van der Waals surface area contributed by atoms with E-state index < -0.39 is 0 Å². The number of hydrogen-bond donors (Lipinski definition) is 2. The SMILES string of the molecule is NC1=C(F)CC([C@H]2CNCCO2)C=C1. The van der Waals surface area contributed by atoms with Crippen molar-refractivity contribution in [1.82, 2.24) is 5.32 Å². The minimum Gasteiger partial charge on any atom is -0.397 e. The van der Waals surface area contributed by atoms with Gasteiger partial charge in [-0.05, 0) is 6.08 Å². The van der Waals surface area contributed by atoms with Gasteiger partial charge in [0.25, 0.3) is 0 Å². The van der Waals surface area contributed by atoms with E-state index in [-0.39, 0.29) is 23.5 Å². The van der Waals surface area contributed by atoms with Crippen molar-refractivity contribution in [2.24, 2.45) is 11.7 Å². The third kappa shape index (κ3) is 1.96. The maximum Gasteiger partial charge on any atom is 0.123 e. The van der Waals surface area contributed by atoms with Gasteiger partial charge in [0.2, 0.25) is 0 Å². The molecule has 14 heavy (non-hydrogen) atoms. The van der Waals surface area contributed by atoms with E-state index in [9.17, 15) is 4.39 Å². The number of halogens is 1. The first kappa shape index (κ1) is 9.68. The number of ether oxygens (including phenoxy) is 1. The van der Waals surface area contributed by atoms with Gasteiger partial charge in [0.15, 0.2) is 0 Å². The highest BCUT2D eigenvalue weighted by molar-refractivity contribution is 5.25. The fourth-order valence-electron chi connectivity index (χ4n) is 1.83. The fraction of sp³-hybridized carbons (Fsp3) is 0.600. The van der Waals surface area contributed by atoms with E-state index in [2.05, 4.69) is 5.32 Å². The summed E-state index contributed by atoms with van der Waals surface area (Å²) in [6.07, 6.45) is 4.03. The second-order valence-corrected chi connectivity index (χ2v) is 3.70. The molecule has 0 amide bonds. The molecule has 0 aromatic carbocycles. The molecule has 1 saturated heterocycles. The molecule has 0 aromatic rings. The lowest BCUT2D eigenvalue weighted by Crippen LogP contribution is -2.42. The van der Waals surface area contributed by atoms with Gasteiger partial charge in [0, 0.05) is 25.4 Å². The minimum absolute atomic E-state index is 0.0823. The van der Waals surface area contributed by atoms with Crippen LogP contribution < -0.4 is 11.1 Å². The van der Waals surface area contributed by atoms with Crippen LogP contribution in [0.3, 0.4) is 0 Å². The van der Waals surface area contributed by atoms with Gasteiger partial charge in [0.1, 0.15) is 5.83 Å². The summed E-state index contributed by atoms with van der Waals surface area (Å²) in [5, 5.41) is 3.23. The monoisotopic (exact) mass is 198 g/mol. The second kappa shape index (κ2) is 4.11. The van der Waals surface area contributed by atoms with E-state index in [1.807, 2.05) is 6.08 Å². The molecule has 0 bridgehead atoms. The van der Waals surface area contributed by atoms with Gasteiger partial charge in [-0.15, -0.1) is 0 Å². The molecule has 1 heterocycles. The molecule has 3 nitrogen and oxygen atoms in total. The van der Waals surface area contributed by atoms with Crippen molar-refractivity contribution in [2.75, 3.05) is 19.7 Å². The highest BCUT2D eigenvalue weighted by Gasteiger charge is 2.26. The summed E-state index contributed by atoms with van der Waals surface area (Å²) in [5.74, 6) is -0.0956. The lowest BCUT2D eigenvalue weighted by Gasteiger charge is -2.30. The van der Waals surface area contributed by atoms with Crippen molar-refractivity contribution < 1.29 is 9.13 Å². The van der Waals surface area contributed by atoms with Crippen LogP contribution in [0.2, 0.25) is 0 Å². The van der Waals surface area contributed by atoms with Crippen molar-refractivity contribution in [3.8, 4) is 0 Å². The summed E-state index contributed by atoms with van der Waals surface area (Å²) in [4.78, 5) is 0. The molecule has 1 fully saturated rings. The van der Waals surface area contributed by atoms with Crippen LogP contribution in [0.4, 0.5) is 4.39 Å². The fourth-order valence-corrected chi connectivity index (χ4v) is 1.83. The van der Waals surface area contributed by atoms with Gasteiger partial charge in [-0.3, -0.25) is 0 Å². The minimum atomic E-state index is -0.216. The molecule has 0 radical (unpaired) electrons. The standard InChI is InChI=1S/C10H15FN2O/c11-8-5-7(1-2-9(8)12)10-6-13-3-4-14-10/h1-2,7,10,13H,3-6,12H2/t7?,10-/m1/s1. The van der Waals surface area contributed by atoms with Crippen molar-refractivity contribution in [2.45, 2.75) is 12.5 Å². The summed E-state index contributed by atoms with van der Waals surface area (Å²) in [6, 6.07) is 0. The first-order chi connectivity index (χ1) is 6.77. The lowest BCUT2D eigenvalue weighted by molar-refractivity contribution is 0.00172. The number of morpholine rings is 1. The molecular weight excluding hydrogens is 183 g/mol. The van der Waals surface area contributed by atoms with E-state index in [0.29, 0.717) is 13.0 Å². The zero-order chi connectivity index (χ0) is 9.97. The molecule has 1 unspecified atom stereocenters. The number of nitrogens with one attached hydrogen (secondary N) is 1. The summed E-state index contributed by atoms with van der Waals surface area (Å²) in [7, 11) is 0. The molecule has 3 N–H and O–H groups in total. The van der Waals surface area contributed by atoms with Crippen LogP contribution in [0.25, 0.3) is 0 Å². The Labute approximate surface area is 82.8 Å². The molecule has 2 aliphatic rings. The number of nitrogens with two attached hydrogens (primary N) is 1. The van der Waals surface area contributed by atoms with E-state index >= 15 is 0 Å². The van der Waals surface area contributed by atoms with Gasteiger partial charge in [0.05, 0.1) is 18.4 Å². The Hall–Kier alpha value is -0.870. The third-order valence-electron chi connectivity index (χ3n) is 2.68. The molecule has 2 rings (SSSR count). The largest absolute Gasteiger partial charge is 0.397 e. The van der Waals surface area contributed by atoms with E-state index in [1.54, 1.807) is 6.08 Å². The lowest BCUT2D eigenvalue weighted by atomic mass is 9.92. The molecule has 0 saturated carbocycles. The second-order valence-electron chi connectivity index (χ2n) is 3.70. The van der Waals surface area contributed by atoms with Crippen molar-refractivity contribution in [1.29, 1.82) is 0 Å². The highest BCUT2D eigenvalue weighted by Crippen LogP contribution is 2.26. The van der Waals surface area contributed by atoms with Crippen LogP contribution in [0, 0.1) is 5.92 Å². The van der Waals surface area contributed by atoms with Crippen LogP contribution in [0.15, 0.2) is 23.7 Å². The molecule has 0 aromatic heterocycles. The van der Waals surface area contributed by atoms with Gasteiger partial charge < -0.3 is 15.8 Å². The average Bonchev–Trinajstić information content (AvgIpc) is 2.23. The molecule has 1 aliphatic heterocycles. The molecule has 78 valence electrons. The smallest absolute Gasteiger partial charge is 0.123 e. The topological polar surface area (TPSA) is 47.3 Å². The van der Waals surface area contributed by atoms with Crippen LogP contribution in [0.5, 0.6) is 0 Å². The zero-order valence-corrected chi connectivity index (χ0v) is 8.00. The molecule has 0 spiro atoms. The summed E-state index contributed by atoms with van der Waals surface area (Å²) < 4.78 is 18.8. The Balaban J connectivity index is 1.97. The number of rotatable bonds is 1. The van der Waals surface area contributed by atoms with Gasteiger partial charge in [-0.1, -0.05) is 6.08 Å². The Morgan fingerprint density at radius 2 is 2.43 bits per heavy atom. The maximum absolute atomic E-state index is 13.2. The third-order valence-corrected chi connectivity index (χ3v) is 2.68. The number of hydrogen-bond acceptors (Lipinski definition) is 3. The number of allylic oxidation sites excluding steroid dienone is 2. The van der Waals surface area contributed by atoms with Crippen LogP contribution in [-0.4, -0.2) is 25.8 Å². The predicted molar refractivity (Wildman–Crippen MR) is 52.2 cm³/mol. The Morgan fingerprint density at radius 3 is 3.07 bits per heavy atom. The summed E-state index contributed by atoms with van der Waals surface area (Å²) in [6.45, 7) is 2.38. The Bertz CT molecular complexity index is 269. The quantitative estimate of drug-likeness (QED) is 0.651. The first-order valence-corrected chi connectivity index (χ1v) is 4.92. The van der Waals surface area contributed by atoms with Gasteiger partial charge in [-0.25, -0.2) is 4.39 Å². The molecular formula is C10H15FN2O. The van der Waals surface area contributed by atoms with E-state index in [0.717, 1.165) is 13.1 Å². The molecule has 4 heteroatoms. The van der Waals surface area contributed by atoms with Crippen molar-refractivity contribution in [3.05, 3.63) is 23.7 Å². The van der Waals surface area contributed by atoms with Crippen molar-refractivity contribution in [3.63, 3.8) is 0 Å². The zero-order valence-electron chi connectivity index (χ0n) is 8.00. The molecule has 2 atom stereocenters. The Kier molecular flexibility index (Phi) is 2.84.